The molecule has 0 saturated carbocycles. The minimum absolute atomic E-state index is 0.433. The van der Waals surface area contributed by atoms with Crippen molar-refractivity contribution in [2.75, 3.05) is 13.1 Å². The maximum Gasteiger partial charge on any atom is 0.0283 e. The van der Waals surface area contributed by atoms with Crippen molar-refractivity contribution in [2.45, 2.75) is 51.5 Å². The van der Waals surface area contributed by atoms with E-state index in [0.717, 1.165) is 0 Å². The highest BCUT2D eigenvalue weighted by molar-refractivity contribution is 5.15. The molecular formula is C14H23N. The van der Waals surface area contributed by atoms with E-state index in [1.165, 1.54) is 50.8 Å². The van der Waals surface area contributed by atoms with Gasteiger partial charge in [0.15, 0.2) is 0 Å². The summed E-state index contributed by atoms with van der Waals surface area (Å²) in [4.78, 5) is 2.72. The molecule has 15 heavy (non-hydrogen) atoms. The van der Waals surface area contributed by atoms with Crippen molar-refractivity contribution in [3.63, 3.8) is 0 Å². The first-order valence-electron chi connectivity index (χ1n) is 6.17. The van der Waals surface area contributed by atoms with E-state index < -0.39 is 0 Å². The van der Waals surface area contributed by atoms with Gasteiger partial charge in [-0.3, -0.25) is 4.90 Å². The molecule has 0 aromatic rings. The molecule has 1 saturated heterocycles. The van der Waals surface area contributed by atoms with Crippen LogP contribution in [0.2, 0.25) is 0 Å². The molecule has 1 atom stereocenters. The lowest BCUT2D eigenvalue weighted by atomic mass is 9.83. The zero-order valence-corrected chi connectivity index (χ0v) is 10.2. The van der Waals surface area contributed by atoms with E-state index in [2.05, 4.69) is 31.4 Å². The zero-order chi connectivity index (χ0) is 10.9. The van der Waals surface area contributed by atoms with Crippen LogP contribution in [0.5, 0.6) is 0 Å². The summed E-state index contributed by atoms with van der Waals surface area (Å²) in [5.74, 6) is 0. The number of fused-ring (bicyclic) bond motifs is 1. The van der Waals surface area contributed by atoms with E-state index in [-0.39, 0.29) is 0 Å². The number of nitrogens with zero attached hydrogens (tertiary/aromatic N) is 1. The summed E-state index contributed by atoms with van der Waals surface area (Å²) in [5.41, 5.74) is 3.36. The van der Waals surface area contributed by atoms with Gasteiger partial charge in [-0.2, -0.15) is 0 Å². The maximum atomic E-state index is 4.11. The van der Waals surface area contributed by atoms with Gasteiger partial charge in [0, 0.05) is 12.1 Å². The predicted molar refractivity (Wildman–Crippen MR) is 66.0 cm³/mol. The van der Waals surface area contributed by atoms with Gasteiger partial charge in [0.2, 0.25) is 0 Å². The molecule has 0 aromatic carbocycles. The highest BCUT2D eigenvalue weighted by atomic mass is 15.2. The van der Waals surface area contributed by atoms with Crippen molar-refractivity contribution >= 4 is 0 Å². The Morgan fingerprint density at radius 3 is 3.07 bits per heavy atom. The summed E-state index contributed by atoms with van der Waals surface area (Å²) in [5, 5.41) is 0. The van der Waals surface area contributed by atoms with Crippen LogP contribution in [0.25, 0.3) is 0 Å². The molecule has 2 aliphatic heterocycles. The maximum absolute atomic E-state index is 4.11. The molecule has 84 valence electrons. The number of rotatable bonds is 2. The quantitative estimate of drug-likeness (QED) is 0.623. The molecule has 1 fully saturated rings. The second kappa shape index (κ2) is 4.13. The summed E-state index contributed by atoms with van der Waals surface area (Å²) >= 11 is 0. The Balaban J connectivity index is 2.22. The first-order valence-corrected chi connectivity index (χ1v) is 6.17. The van der Waals surface area contributed by atoms with E-state index in [9.17, 15) is 0 Å². The fourth-order valence-electron chi connectivity index (χ4n) is 3.43. The third-order valence-corrected chi connectivity index (χ3v) is 3.87. The topological polar surface area (TPSA) is 3.24 Å². The molecule has 0 aromatic heterocycles. The van der Waals surface area contributed by atoms with E-state index >= 15 is 0 Å². The average molecular weight is 205 g/mol. The van der Waals surface area contributed by atoms with Crippen molar-refractivity contribution < 1.29 is 0 Å². The van der Waals surface area contributed by atoms with E-state index in [1.54, 1.807) is 5.57 Å². The highest BCUT2D eigenvalue weighted by Crippen LogP contribution is 2.41. The van der Waals surface area contributed by atoms with Crippen molar-refractivity contribution in [3.8, 4) is 0 Å². The summed E-state index contributed by atoms with van der Waals surface area (Å²) < 4.78 is 0. The van der Waals surface area contributed by atoms with Crippen LogP contribution in [0.15, 0.2) is 23.8 Å². The van der Waals surface area contributed by atoms with Crippen molar-refractivity contribution in [1.82, 2.24) is 4.90 Å². The Bertz CT molecular complexity index is 290. The van der Waals surface area contributed by atoms with Gasteiger partial charge in [0.05, 0.1) is 0 Å². The van der Waals surface area contributed by atoms with Gasteiger partial charge in [-0.15, -0.1) is 6.58 Å². The normalized spacial score (nSPS) is 32.0. The van der Waals surface area contributed by atoms with Crippen LogP contribution in [-0.2, 0) is 0 Å². The molecular weight excluding hydrogens is 182 g/mol. The fourth-order valence-corrected chi connectivity index (χ4v) is 3.43. The van der Waals surface area contributed by atoms with Gasteiger partial charge >= 0.3 is 0 Å². The van der Waals surface area contributed by atoms with Crippen molar-refractivity contribution in [1.29, 1.82) is 0 Å². The largest absolute Gasteiger partial charge is 0.297 e. The molecule has 1 nitrogen and oxygen atoms in total. The van der Waals surface area contributed by atoms with E-state index in [4.69, 9.17) is 0 Å². The lowest BCUT2D eigenvalue weighted by molar-refractivity contribution is 0.143. The first-order chi connectivity index (χ1) is 7.12. The van der Waals surface area contributed by atoms with Gasteiger partial charge in [0.25, 0.3) is 0 Å². The van der Waals surface area contributed by atoms with Gasteiger partial charge in [-0.1, -0.05) is 17.2 Å². The van der Waals surface area contributed by atoms with Crippen LogP contribution in [0.4, 0.5) is 0 Å². The standard InChI is InChI=1S/C14H23N/c1-12(2)10-14-7-5-9-15(14)8-4-6-13(3)11-14/h6H,1,4-5,7-11H2,2-3H3. The lowest BCUT2D eigenvalue weighted by Gasteiger charge is -2.38. The predicted octanol–water partition coefficient (Wildman–Crippen LogP) is 3.53. The molecule has 0 bridgehead atoms. The highest BCUT2D eigenvalue weighted by Gasteiger charge is 2.40. The number of hydrogen-bond donors (Lipinski definition) is 0. The van der Waals surface area contributed by atoms with Crippen LogP contribution in [0.3, 0.4) is 0 Å². The van der Waals surface area contributed by atoms with Gasteiger partial charge in [-0.05, 0) is 52.5 Å². The Labute approximate surface area is 93.9 Å². The Morgan fingerprint density at radius 1 is 1.53 bits per heavy atom. The first kappa shape index (κ1) is 10.9. The van der Waals surface area contributed by atoms with Crippen LogP contribution in [0.1, 0.15) is 46.0 Å². The van der Waals surface area contributed by atoms with E-state index in [0.29, 0.717) is 5.54 Å². The monoisotopic (exact) mass is 205 g/mol. The number of hydrogen-bond acceptors (Lipinski definition) is 1. The van der Waals surface area contributed by atoms with Crippen LogP contribution in [-0.4, -0.2) is 23.5 Å². The Morgan fingerprint density at radius 2 is 2.33 bits per heavy atom. The Hall–Kier alpha value is -0.560. The van der Waals surface area contributed by atoms with Crippen LogP contribution < -0.4 is 0 Å². The molecule has 1 heteroatoms. The average Bonchev–Trinajstić information content (AvgIpc) is 2.41. The van der Waals surface area contributed by atoms with Gasteiger partial charge in [0.1, 0.15) is 0 Å². The summed E-state index contributed by atoms with van der Waals surface area (Å²) in [7, 11) is 0. The van der Waals surface area contributed by atoms with Gasteiger partial charge in [-0.25, -0.2) is 0 Å². The molecule has 2 rings (SSSR count). The summed E-state index contributed by atoms with van der Waals surface area (Å²) in [6.07, 6.45) is 8.87. The summed E-state index contributed by atoms with van der Waals surface area (Å²) in [6.45, 7) is 11.1. The smallest absolute Gasteiger partial charge is 0.0283 e. The molecule has 0 N–H and O–H groups in total. The molecule has 0 amide bonds. The molecule has 0 spiro atoms. The zero-order valence-electron chi connectivity index (χ0n) is 10.2. The fraction of sp³-hybridized carbons (Fsp3) is 0.714. The Kier molecular flexibility index (Phi) is 3.01. The van der Waals surface area contributed by atoms with Crippen LogP contribution >= 0.6 is 0 Å². The minimum atomic E-state index is 0.433. The van der Waals surface area contributed by atoms with Crippen LogP contribution in [0, 0.1) is 0 Å². The van der Waals surface area contributed by atoms with Crippen molar-refractivity contribution in [3.05, 3.63) is 23.8 Å². The molecule has 0 aliphatic carbocycles. The molecule has 1 unspecified atom stereocenters. The third-order valence-electron chi connectivity index (χ3n) is 3.87. The molecule has 2 aliphatic rings. The summed E-state index contributed by atoms with van der Waals surface area (Å²) in [6, 6.07) is 0. The van der Waals surface area contributed by atoms with Crippen molar-refractivity contribution in [2.24, 2.45) is 0 Å². The second-order valence-corrected chi connectivity index (χ2v) is 5.46. The third kappa shape index (κ3) is 2.17. The van der Waals surface area contributed by atoms with Gasteiger partial charge < -0.3 is 0 Å². The molecule has 2 heterocycles. The SMILES string of the molecule is C=C(C)CC12CCCN1CCC=C(C)C2. The molecule has 0 radical (unpaired) electrons. The minimum Gasteiger partial charge on any atom is -0.297 e. The van der Waals surface area contributed by atoms with E-state index in [1.807, 2.05) is 0 Å². The second-order valence-electron chi connectivity index (χ2n) is 5.46. The lowest BCUT2D eigenvalue weighted by Crippen LogP contribution is -2.43.